The van der Waals surface area contributed by atoms with E-state index in [9.17, 15) is 4.79 Å². The molecule has 0 aliphatic heterocycles. The van der Waals surface area contributed by atoms with E-state index < -0.39 is 11.4 Å². The second kappa shape index (κ2) is 5.68. The summed E-state index contributed by atoms with van der Waals surface area (Å²) in [5.74, 6) is -0.127. The number of carbonyl (C=O) groups is 1. The molecular weight excluding hydrogens is 220 g/mol. The van der Waals surface area contributed by atoms with Crippen LogP contribution in [0.25, 0.3) is 0 Å². The molecule has 0 aliphatic rings. The molecule has 0 radical (unpaired) electrons. The van der Waals surface area contributed by atoms with Gasteiger partial charge in [-0.1, -0.05) is 12.1 Å². The van der Waals surface area contributed by atoms with Gasteiger partial charge in [0, 0.05) is 7.11 Å². The highest BCUT2D eigenvalue weighted by atomic mass is 16.5. The van der Waals surface area contributed by atoms with Crippen molar-refractivity contribution < 1.29 is 19.4 Å². The summed E-state index contributed by atoms with van der Waals surface area (Å²) < 4.78 is 10.3. The third-order valence-electron chi connectivity index (χ3n) is 2.67. The normalized spacial score (nSPS) is 11.2. The summed E-state index contributed by atoms with van der Waals surface area (Å²) in [6.07, 6.45) is 0. The van der Waals surface area contributed by atoms with Gasteiger partial charge in [0.2, 0.25) is 0 Å². The highest BCUT2D eigenvalue weighted by molar-refractivity contribution is 5.80. The summed E-state index contributed by atoms with van der Waals surface area (Å²) in [7, 11) is 1.61. The highest BCUT2D eigenvalue weighted by Crippen LogP contribution is 2.25. The summed E-state index contributed by atoms with van der Waals surface area (Å²) in [6, 6.07) is 7.10. The molecule has 0 amide bonds. The van der Waals surface area contributed by atoms with E-state index in [4.69, 9.17) is 14.6 Å². The first-order chi connectivity index (χ1) is 7.98. The molecule has 1 N–H and O–H groups in total. The molecule has 1 aromatic carbocycles. The maximum atomic E-state index is 11.1. The molecule has 1 aromatic rings. The largest absolute Gasteiger partial charge is 0.491 e. The van der Waals surface area contributed by atoms with E-state index in [0.29, 0.717) is 19.0 Å². The minimum Gasteiger partial charge on any atom is -0.491 e. The number of methoxy groups -OCH3 is 1. The van der Waals surface area contributed by atoms with Gasteiger partial charge in [0.05, 0.1) is 12.0 Å². The zero-order chi connectivity index (χ0) is 12.9. The van der Waals surface area contributed by atoms with Gasteiger partial charge in [-0.25, -0.2) is 0 Å². The van der Waals surface area contributed by atoms with E-state index in [1.54, 1.807) is 45.2 Å². The Kier molecular flexibility index (Phi) is 4.52. The lowest BCUT2D eigenvalue weighted by molar-refractivity contribution is -0.142. The van der Waals surface area contributed by atoms with E-state index in [1.807, 2.05) is 0 Å². The summed E-state index contributed by atoms with van der Waals surface area (Å²) in [5, 5.41) is 9.09. The van der Waals surface area contributed by atoms with Crippen LogP contribution in [0.4, 0.5) is 0 Å². The van der Waals surface area contributed by atoms with Crippen molar-refractivity contribution in [3.05, 3.63) is 29.8 Å². The third-order valence-corrected chi connectivity index (χ3v) is 2.67. The topological polar surface area (TPSA) is 55.8 Å². The molecule has 0 fully saturated rings. The first kappa shape index (κ1) is 13.5. The number of aliphatic carboxylic acids is 1. The van der Waals surface area contributed by atoms with Crippen molar-refractivity contribution in [2.75, 3.05) is 20.3 Å². The van der Waals surface area contributed by atoms with E-state index in [2.05, 4.69) is 0 Å². The Bertz CT molecular complexity index is 368. The van der Waals surface area contributed by atoms with E-state index >= 15 is 0 Å². The van der Waals surface area contributed by atoms with Crippen molar-refractivity contribution in [1.29, 1.82) is 0 Å². The number of carboxylic acid groups (broad SMARTS) is 1. The molecule has 4 nitrogen and oxygen atoms in total. The van der Waals surface area contributed by atoms with Gasteiger partial charge in [-0.15, -0.1) is 0 Å². The smallest absolute Gasteiger partial charge is 0.313 e. The quantitative estimate of drug-likeness (QED) is 0.771. The summed E-state index contributed by atoms with van der Waals surface area (Å²) >= 11 is 0. The zero-order valence-corrected chi connectivity index (χ0v) is 10.4. The Morgan fingerprint density at radius 2 is 1.82 bits per heavy atom. The van der Waals surface area contributed by atoms with Crippen LogP contribution in [-0.2, 0) is 14.9 Å². The molecule has 0 heterocycles. The lowest BCUT2D eigenvalue weighted by Gasteiger charge is -2.19. The standard InChI is InChI=1S/C13H18O4/c1-13(2,12(14)15)10-4-6-11(7-5-10)17-9-8-16-3/h4-7H,8-9H2,1-3H3,(H,14,15). The molecule has 1 rings (SSSR count). The second-order valence-corrected chi connectivity index (χ2v) is 4.30. The number of rotatable bonds is 6. The van der Waals surface area contributed by atoms with Crippen LogP contribution in [0.3, 0.4) is 0 Å². The Morgan fingerprint density at radius 1 is 1.24 bits per heavy atom. The van der Waals surface area contributed by atoms with Crippen molar-refractivity contribution in [1.82, 2.24) is 0 Å². The van der Waals surface area contributed by atoms with Crippen molar-refractivity contribution >= 4 is 5.97 Å². The van der Waals surface area contributed by atoms with Gasteiger partial charge < -0.3 is 14.6 Å². The first-order valence-corrected chi connectivity index (χ1v) is 5.44. The maximum absolute atomic E-state index is 11.1. The van der Waals surface area contributed by atoms with E-state index in [1.165, 1.54) is 0 Å². The zero-order valence-electron chi connectivity index (χ0n) is 10.4. The monoisotopic (exact) mass is 238 g/mol. The second-order valence-electron chi connectivity index (χ2n) is 4.30. The SMILES string of the molecule is COCCOc1ccc(C(C)(C)C(=O)O)cc1. The first-order valence-electron chi connectivity index (χ1n) is 5.44. The van der Waals surface area contributed by atoms with E-state index in [-0.39, 0.29) is 0 Å². The molecule has 0 aromatic heterocycles. The highest BCUT2D eigenvalue weighted by Gasteiger charge is 2.29. The lowest BCUT2D eigenvalue weighted by Crippen LogP contribution is -2.28. The molecule has 0 aliphatic carbocycles. The molecule has 0 spiro atoms. The van der Waals surface area contributed by atoms with Gasteiger partial charge in [0.1, 0.15) is 12.4 Å². The van der Waals surface area contributed by atoms with Crippen molar-refractivity contribution in [3.63, 3.8) is 0 Å². The minimum absolute atomic E-state index is 0.484. The van der Waals surface area contributed by atoms with Crippen molar-refractivity contribution in [2.45, 2.75) is 19.3 Å². The van der Waals surface area contributed by atoms with Crippen LogP contribution in [0.5, 0.6) is 5.75 Å². The van der Waals surface area contributed by atoms with Crippen LogP contribution >= 0.6 is 0 Å². The molecule has 0 saturated heterocycles. The Balaban J connectivity index is 2.71. The minimum atomic E-state index is -0.884. The Hall–Kier alpha value is -1.55. The van der Waals surface area contributed by atoms with Gasteiger partial charge in [-0.05, 0) is 31.5 Å². The number of ether oxygens (including phenoxy) is 2. The number of hydrogen-bond acceptors (Lipinski definition) is 3. The Labute approximate surface area is 101 Å². The number of benzene rings is 1. The molecule has 0 bridgehead atoms. The molecule has 17 heavy (non-hydrogen) atoms. The van der Waals surface area contributed by atoms with Crippen molar-refractivity contribution in [3.8, 4) is 5.75 Å². The van der Waals surface area contributed by atoms with Crippen LogP contribution in [0.15, 0.2) is 24.3 Å². The van der Waals surface area contributed by atoms with Crippen molar-refractivity contribution in [2.24, 2.45) is 0 Å². The maximum Gasteiger partial charge on any atom is 0.313 e. The number of hydrogen-bond donors (Lipinski definition) is 1. The fraction of sp³-hybridized carbons (Fsp3) is 0.462. The Morgan fingerprint density at radius 3 is 2.29 bits per heavy atom. The van der Waals surface area contributed by atoms with Crippen LogP contribution < -0.4 is 4.74 Å². The molecule has 0 unspecified atom stereocenters. The van der Waals surface area contributed by atoms with Crippen LogP contribution in [-0.4, -0.2) is 31.4 Å². The molecule has 0 saturated carbocycles. The predicted octanol–water partition coefficient (Wildman–Crippen LogP) is 2.07. The lowest BCUT2D eigenvalue weighted by atomic mass is 9.85. The molecular formula is C13H18O4. The molecule has 4 heteroatoms. The van der Waals surface area contributed by atoms with Gasteiger partial charge in [0.25, 0.3) is 0 Å². The van der Waals surface area contributed by atoms with E-state index in [0.717, 1.165) is 5.56 Å². The summed E-state index contributed by atoms with van der Waals surface area (Å²) in [5.41, 5.74) is -0.130. The fourth-order valence-electron chi connectivity index (χ4n) is 1.33. The van der Waals surface area contributed by atoms with Gasteiger partial charge in [-0.3, -0.25) is 4.79 Å². The van der Waals surface area contributed by atoms with Crippen LogP contribution in [0.1, 0.15) is 19.4 Å². The number of carboxylic acids is 1. The van der Waals surface area contributed by atoms with Gasteiger partial charge >= 0.3 is 5.97 Å². The average molecular weight is 238 g/mol. The summed E-state index contributed by atoms with van der Waals surface area (Å²) in [6.45, 7) is 4.37. The average Bonchev–Trinajstić information content (AvgIpc) is 2.30. The summed E-state index contributed by atoms with van der Waals surface area (Å²) in [4.78, 5) is 11.1. The third kappa shape index (κ3) is 3.46. The molecule has 0 atom stereocenters. The molecule has 94 valence electrons. The fourth-order valence-corrected chi connectivity index (χ4v) is 1.33. The van der Waals surface area contributed by atoms with Crippen LogP contribution in [0.2, 0.25) is 0 Å². The van der Waals surface area contributed by atoms with Gasteiger partial charge in [-0.2, -0.15) is 0 Å². The van der Waals surface area contributed by atoms with Crippen LogP contribution in [0, 0.1) is 0 Å². The van der Waals surface area contributed by atoms with Gasteiger partial charge in [0.15, 0.2) is 0 Å². The predicted molar refractivity (Wildman–Crippen MR) is 64.5 cm³/mol.